The van der Waals surface area contributed by atoms with Crippen molar-refractivity contribution in [2.75, 3.05) is 0 Å². The number of hydrogen-bond donors (Lipinski definition) is 0. The lowest BCUT2D eigenvalue weighted by Gasteiger charge is -2.02. The first-order valence-electron chi connectivity index (χ1n) is 7.80. The topological polar surface area (TPSA) is 78.1 Å². The fraction of sp³-hybridized carbons (Fsp3) is 0.0526. The van der Waals surface area contributed by atoms with Crippen LogP contribution < -0.4 is 0 Å². The van der Waals surface area contributed by atoms with Crippen molar-refractivity contribution in [1.82, 2.24) is 15.1 Å². The molecule has 26 heavy (non-hydrogen) atoms. The molecule has 4 aromatic rings. The van der Waals surface area contributed by atoms with Crippen molar-refractivity contribution >= 4 is 16.9 Å². The lowest BCUT2D eigenvalue weighted by Crippen LogP contribution is -2.07. The number of benzene rings is 2. The second-order valence-corrected chi connectivity index (χ2v) is 5.48. The van der Waals surface area contributed by atoms with E-state index < -0.39 is 5.97 Å². The highest BCUT2D eigenvalue weighted by atomic mass is 19.1. The van der Waals surface area contributed by atoms with Crippen LogP contribution in [0.25, 0.3) is 22.3 Å². The van der Waals surface area contributed by atoms with Gasteiger partial charge in [0.1, 0.15) is 11.5 Å². The molecule has 2 aromatic carbocycles. The summed E-state index contributed by atoms with van der Waals surface area (Å²) in [6, 6.07) is 16.6. The molecule has 0 aliphatic rings. The molecule has 0 spiro atoms. The predicted molar refractivity (Wildman–Crippen MR) is 90.6 cm³/mol. The predicted octanol–water partition coefficient (Wildman–Crippen LogP) is 3.78. The third kappa shape index (κ3) is 3.27. The Morgan fingerprint density at radius 3 is 2.65 bits per heavy atom. The van der Waals surface area contributed by atoms with Gasteiger partial charge in [0.25, 0.3) is 5.89 Å². The number of esters is 1. The maximum absolute atomic E-state index is 12.9. The van der Waals surface area contributed by atoms with Gasteiger partial charge >= 0.3 is 5.97 Å². The third-order valence-corrected chi connectivity index (χ3v) is 3.70. The fourth-order valence-electron chi connectivity index (χ4n) is 2.41. The second kappa shape index (κ2) is 6.72. The molecule has 0 atom stereocenters. The molecule has 0 amide bonds. The summed E-state index contributed by atoms with van der Waals surface area (Å²) in [5.74, 6) is -0.509. The summed E-state index contributed by atoms with van der Waals surface area (Å²) in [5, 5.41) is 4.73. The number of hydrogen-bond acceptors (Lipinski definition) is 6. The van der Waals surface area contributed by atoms with Crippen molar-refractivity contribution in [3.63, 3.8) is 0 Å². The van der Waals surface area contributed by atoms with Gasteiger partial charge in [0.05, 0.1) is 5.52 Å². The van der Waals surface area contributed by atoms with Crippen molar-refractivity contribution in [2.45, 2.75) is 6.61 Å². The van der Waals surface area contributed by atoms with Crippen LogP contribution in [0.5, 0.6) is 0 Å². The molecule has 128 valence electrons. The van der Waals surface area contributed by atoms with E-state index in [1.54, 1.807) is 12.1 Å². The lowest BCUT2D eigenvalue weighted by molar-refractivity contribution is 0.0423. The first-order chi connectivity index (χ1) is 12.7. The molecule has 0 saturated carbocycles. The largest absolute Gasteiger partial charge is 0.451 e. The van der Waals surface area contributed by atoms with Gasteiger partial charge in [-0.05, 0) is 36.4 Å². The number of aromatic nitrogens is 3. The Hall–Kier alpha value is -3.61. The minimum atomic E-state index is -0.586. The lowest BCUT2D eigenvalue weighted by atomic mass is 10.2. The highest BCUT2D eigenvalue weighted by Gasteiger charge is 2.14. The van der Waals surface area contributed by atoms with E-state index in [2.05, 4.69) is 15.1 Å². The number of carbonyl (C=O) groups excluding carboxylic acids is 1. The van der Waals surface area contributed by atoms with E-state index in [9.17, 15) is 9.18 Å². The van der Waals surface area contributed by atoms with Gasteiger partial charge < -0.3 is 9.26 Å². The molecule has 0 fully saturated rings. The van der Waals surface area contributed by atoms with Crippen molar-refractivity contribution in [3.8, 4) is 11.4 Å². The van der Waals surface area contributed by atoms with Crippen LogP contribution in [0.2, 0.25) is 0 Å². The summed E-state index contributed by atoms with van der Waals surface area (Å²) in [7, 11) is 0. The summed E-state index contributed by atoms with van der Waals surface area (Å²) in [6.45, 7) is -0.179. The molecular formula is C19H12FN3O3. The molecular weight excluding hydrogens is 337 g/mol. The molecule has 6 nitrogen and oxygen atoms in total. The second-order valence-electron chi connectivity index (χ2n) is 5.48. The van der Waals surface area contributed by atoms with Crippen LogP contribution in [0, 0.1) is 5.82 Å². The van der Waals surface area contributed by atoms with Gasteiger partial charge in [0, 0.05) is 10.9 Å². The number of pyridine rings is 1. The van der Waals surface area contributed by atoms with E-state index >= 15 is 0 Å². The number of nitrogens with zero attached hydrogens (tertiary/aromatic N) is 3. The van der Waals surface area contributed by atoms with Crippen LogP contribution in [0.15, 0.2) is 65.2 Å². The SMILES string of the molecule is O=C(OCc1nc(-c2ccc(F)cc2)no1)c1ccc2ccccc2n1. The monoisotopic (exact) mass is 349 g/mol. The highest BCUT2D eigenvalue weighted by Crippen LogP contribution is 2.17. The standard InChI is InChI=1S/C19H12FN3O3/c20-14-8-5-13(6-9-14)18-22-17(26-23-18)11-25-19(24)16-10-7-12-3-1-2-4-15(12)21-16/h1-10H,11H2. The molecule has 2 heterocycles. The smallest absolute Gasteiger partial charge is 0.357 e. The highest BCUT2D eigenvalue weighted by molar-refractivity contribution is 5.90. The molecule has 0 bridgehead atoms. The molecule has 4 rings (SSSR count). The zero-order valence-electron chi connectivity index (χ0n) is 13.4. The summed E-state index contributed by atoms with van der Waals surface area (Å²) in [5.41, 5.74) is 1.50. The van der Waals surface area contributed by atoms with E-state index in [1.165, 1.54) is 24.3 Å². The zero-order chi connectivity index (χ0) is 17.9. The van der Waals surface area contributed by atoms with Crippen LogP contribution in [0.3, 0.4) is 0 Å². The summed E-state index contributed by atoms with van der Waals surface area (Å²) >= 11 is 0. The Kier molecular flexibility index (Phi) is 4.10. The Balaban J connectivity index is 1.45. The van der Waals surface area contributed by atoms with Gasteiger partial charge in [-0.1, -0.05) is 29.4 Å². The van der Waals surface area contributed by atoms with Crippen LogP contribution in [-0.4, -0.2) is 21.1 Å². The fourth-order valence-corrected chi connectivity index (χ4v) is 2.41. The number of para-hydroxylation sites is 1. The Labute approximate surface area is 147 Å². The third-order valence-electron chi connectivity index (χ3n) is 3.70. The van der Waals surface area contributed by atoms with E-state index in [0.29, 0.717) is 16.9 Å². The molecule has 0 aliphatic heterocycles. The van der Waals surface area contributed by atoms with Crippen molar-refractivity contribution in [2.24, 2.45) is 0 Å². The quantitative estimate of drug-likeness (QED) is 0.522. The Morgan fingerprint density at radius 2 is 1.81 bits per heavy atom. The Morgan fingerprint density at radius 1 is 1.00 bits per heavy atom. The number of fused-ring (bicyclic) bond motifs is 1. The summed E-state index contributed by atoms with van der Waals surface area (Å²) < 4.78 is 23.2. The number of carbonyl (C=O) groups is 1. The average molecular weight is 349 g/mol. The van der Waals surface area contributed by atoms with Gasteiger partial charge in [0.2, 0.25) is 5.82 Å². The summed E-state index contributed by atoms with van der Waals surface area (Å²) in [4.78, 5) is 20.6. The van der Waals surface area contributed by atoms with Gasteiger partial charge in [-0.25, -0.2) is 14.2 Å². The van der Waals surface area contributed by atoms with Gasteiger partial charge in [-0.15, -0.1) is 0 Å². The van der Waals surface area contributed by atoms with E-state index in [-0.39, 0.29) is 24.0 Å². The molecule has 0 unspecified atom stereocenters. The molecule has 2 aromatic heterocycles. The molecule has 7 heteroatoms. The number of rotatable bonds is 4. The van der Waals surface area contributed by atoms with Crippen molar-refractivity contribution in [1.29, 1.82) is 0 Å². The van der Waals surface area contributed by atoms with E-state index in [1.807, 2.05) is 24.3 Å². The molecule has 0 saturated heterocycles. The van der Waals surface area contributed by atoms with E-state index in [0.717, 1.165) is 5.39 Å². The number of ether oxygens (including phenoxy) is 1. The van der Waals surface area contributed by atoms with Gasteiger partial charge in [0.15, 0.2) is 6.61 Å². The van der Waals surface area contributed by atoms with Crippen LogP contribution in [0.4, 0.5) is 4.39 Å². The minimum Gasteiger partial charge on any atom is -0.451 e. The molecule has 0 N–H and O–H groups in total. The van der Waals surface area contributed by atoms with Crippen LogP contribution >= 0.6 is 0 Å². The number of halogens is 1. The Bertz CT molecular complexity index is 1080. The van der Waals surface area contributed by atoms with Gasteiger partial charge in [-0.3, -0.25) is 0 Å². The molecule has 0 aliphatic carbocycles. The molecule has 0 radical (unpaired) electrons. The van der Waals surface area contributed by atoms with E-state index in [4.69, 9.17) is 9.26 Å². The van der Waals surface area contributed by atoms with Crippen LogP contribution in [-0.2, 0) is 11.3 Å². The van der Waals surface area contributed by atoms with Crippen molar-refractivity contribution in [3.05, 3.63) is 78.1 Å². The average Bonchev–Trinajstić information content (AvgIpc) is 3.15. The van der Waals surface area contributed by atoms with Crippen molar-refractivity contribution < 1.29 is 18.4 Å². The summed E-state index contributed by atoms with van der Waals surface area (Å²) in [6.07, 6.45) is 0. The van der Waals surface area contributed by atoms with Crippen LogP contribution in [0.1, 0.15) is 16.4 Å². The first kappa shape index (κ1) is 15.9. The minimum absolute atomic E-state index is 0.137. The van der Waals surface area contributed by atoms with Gasteiger partial charge in [-0.2, -0.15) is 4.98 Å². The maximum Gasteiger partial charge on any atom is 0.357 e. The first-order valence-corrected chi connectivity index (χ1v) is 7.80. The zero-order valence-corrected chi connectivity index (χ0v) is 13.4. The maximum atomic E-state index is 12.9. The normalized spacial score (nSPS) is 10.8.